The zero-order chi connectivity index (χ0) is 10.7. The molecule has 0 amide bonds. The molecule has 1 aromatic rings. The topological polar surface area (TPSA) is 63.3 Å². The minimum atomic E-state index is -1.13. The molecular weight excluding hydrogens is 288 g/mol. The number of rotatable bonds is 3. The van der Waals surface area contributed by atoms with Gasteiger partial charge in [-0.15, -0.1) is 12.4 Å². The number of halogens is 3. The van der Waals surface area contributed by atoms with Crippen molar-refractivity contribution in [2.24, 2.45) is 5.73 Å². The van der Waals surface area contributed by atoms with E-state index in [1.807, 2.05) is 0 Å². The average molecular weight is 299 g/mol. The largest absolute Gasteiger partial charge is 0.480 e. The maximum absolute atomic E-state index is 13.3. The smallest absolute Gasteiger partial charge is 0.320 e. The van der Waals surface area contributed by atoms with Crippen molar-refractivity contribution in [3.8, 4) is 0 Å². The second-order valence-corrected chi connectivity index (χ2v) is 3.72. The van der Waals surface area contributed by atoms with E-state index in [9.17, 15) is 9.18 Å². The molecule has 6 heteroatoms. The third kappa shape index (κ3) is 3.77. The Labute approximate surface area is 101 Å². The summed E-state index contributed by atoms with van der Waals surface area (Å²) in [6.07, 6.45) is -0.0133. The molecule has 1 atom stereocenters. The van der Waals surface area contributed by atoms with E-state index in [2.05, 4.69) is 15.9 Å². The van der Waals surface area contributed by atoms with Crippen molar-refractivity contribution < 1.29 is 14.3 Å². The van der Waals surface area contributed by atoms with Crippen LogP contribution in [0.25, 0.3) is 0 Å². The average Bonchev–Trinajstić information content (AvgIpc) is 2.12. The van der Waals surface area contributed by atoms with Crippen LogP contribution in [-0.4, -0.2) is 17.1 Å². The monoisotopic (exact) mass is 297 g/mol. The van der Waals surface area contributed by atoms with Crippen LogP contribution in [0.3, 0.4) is 0 Å². The van der Waals surface area contributed by atoms with E-state index in [4.69, 9.17) is 10.8 Å². The highest BCUT2D eigenvalue weighted by molar-refractivity contribution is 9.10. The summed E-state index contributed by atoms with van der Waals surface area (Å²) in [5, 5.41) is 8.54. The molecule has 15 heavy (non-hydrogen) atoms. The van der Waals surface area contributed by atoms with Gasteiger partial charge >= 0.3 is 5.97 Å². The lowest BCUT2D eigenvalue weighted by Gasteiger charge is -2.07. The van der Waals surface area contributed by atoms with E-state index in [1.165, 1.54) is 6.07 Å². The van der Waals surface area contributed by atoms with Gasteiger partial charge in [0, 0.05) is 6.42 Å². The molecule has 0 aromatic heterocycles. The Morgan fingerprint density at radius 3 is 2.73 bits per heavy atom. The molecule has 0 spiro atoms. The first-order valence-electron chi connectivity index (χ1n) is 3.93. The minimum Gasteiger partial charge on any atom is -0.480 e. The number of nitrogens with two attached hydrogens (primary N) is 1. The van der Waals surface area contributed by atoms with Crippen molar-refractivity contribution in [3.63, 3.8) is 0 Å². The molecule has 0 saturated heterocycles. The highest BCUT2D eigenvalue weighted by Gasteiger charge is 2.15. The summed E-state index contributed by atoms with van der Waals surface area (Å²) in [4.78, 5) is 10.4. The first-order valence-corrected chi connectivity index (χ1v) is 4.73. The van der Waals surface area contributed by atoms with Crippen molar-refractivity contribution >= 4 is 34.3 Å². The first kappa shape index (κ1) is 14.3. The van der Waals surface area contributed by atoms with E-state index in [0.717, 1.165) is 0 Å². The molecule has 0 aliphatic carbocycles. The highest BCUT2D eigenvalue weighted by atomic mass is 79.9. The van der Waals surface area contributed by atoms with Crippen LogP contribution in [0.4, 0.5) is 4.39 Å². The minimum absolute atomic E-state index is 0. The summed E-state index contributed by atoms with van der Waals surface area (Å²) in [5.74, 6) is -1.59. The second kappa shape index (κ2) is 6.05. The van der Waals surface area contributed by atoms with Gasteiger partial charge in [0.2, 0.25) is 0 Å². The highest BCUT2D eigenvalue weighted by Crippen LogP contribution is 2.19. The van der Waals surface area contributed by atoms with Crippen molar-refractivity contribution in [3.05, 3.63) is 34.1 Å². The maximum atomic E-state index is 13.3. The third-order valence-corrected chi connectivity index (χ3v) is 2.40. The molecule has 0 fully saturated rings. The van der Waals surface area contributed by atoms with Crippen LogP contribution in [0.1, 0.15) is 5.56 Å². The van der Waals surface area contributed by atoms with Gasteiger partial charge in [-0.2, -0.15) is 0 Å². The van der Waals surface area contributed by atoms with Gasteiger partial charge in [-0.25, -0.2) is 4.39 Å². The Kier molecular flexibility index (Phi) is 5.79. The van der Waals surface area contributed by atoms with Gasteiger partial charge in [0.25, 0.3) is 0 Å². The Morgan fingerprint density at radius 1 is 1.60 bits per heavy atom. The van der Waals surface area contributed by atoms with Crippen LogP contribution in [0.2, 0.25) is 0 Å². The van der Waals surface area contributed by atoms with E-state index < -0.39 is 17.8 Å². The predicted molar refractivity (Wildman–Crippen MR) is 60.7 cm³/mol. The molecule has 3 N–H and O–H groups in total. The number of carboxylic acid groups (broad SMARTS) is 1. The zero-order valence-corrected chi connectivity index (χ0v) is 10.0. The van der Waals surface area contributed by atoms with Gasteiger partial charge in [-0.05, 0) is 27.6 Å². The molecule has 0 radical (unpaired) electrons. The number of hydrogen-bond acceptors (Lipinski definition) is 2. The van der Waals surface area contributed by atoms with Gasteiger partial charge in [0.05, 0.1) is 4.47 Å². The standard InChI is InChI=1S/C9H9BrFNO2.ClH/c10-6-3-1-2-5(8(6)11)4-7(12)9(13)14;/h1-3,7H,4,12H2,(H,13,14);1H. The lowest BCUT2D eigenvalue weighted by atomic mass is 10.1. The lowest BCUT2D eigenvalue weighted by molar-refractivity contribution is -0.138. The molecule has 0 aliphatic rings. The molecule has 84 valence electrons. The van der Waals surface area contributed by atoms with Crippen LogP contribution in [0.5, 0.6) is 0 Å². The fourth-order valence-electron chi connectivity index (χ4n) is 1.03. The van der Waals surface area contributed by atoms with Crippen LogP contribution in [-0.2, 0) is 11.2 Å². The molecule has 1 rings (SSSR count). The fraction of sp³-hybridized carbons (Fsp3) is 0.222. The lowest BCUT2D eigenvalue weighted by Crippen LogP contribution is -2.32. The van der Waals surface area contributed by atoms with Crippen molar-refractivity contribution in [2.75, 3.05) is 0 Å². The Morgan fingerprint density at radius 2 is 2.20 bits per heavy atom. The van der Waals surface area contributed by atoms with Gasteiger partial charge in [-0.3, -0.25) is 4.79 Å². The van der Waals surface area contributed by atoms with Crippen LogP contribution in [0, 0.1) is 5.82 Å². The number of carboxylic acids is 1. The van der Waals surface area contributed by atoms with Gasteiger partial charge in [0.15, 0.2) is 0 Å². The summed E-state index contributed by atoms with van der Waals surface area (Å²) in [6.45, 7) is 0. The number of hydrogen-bond donors (Lipinski definition) is 2. The Balaban J connectivity index is 0.00000196. The van der Waals surface area contributed by atoms with Crippen molar-refractivity contribution in [1.29, 1.82) is 0 Å². The fourth-order valence-corrected chi connectivity index (χ4v) is 1.44. The quantitative estimate of drug-likeness (QED) is 0.896. The molecule has 0 heterocycles. The van der Waals surface area contributed by atoms with E-state index in [-0.39, 0.29) is 18.8 Å². The zero-order valence-electron chi connectivity index (χ0n) is 7.61. The molecule has 0 saturated carbocycles. The number of aliphatic carboxylic acids is 1. The molecular formula is C9H10BrClFNO2. The molecule has 1 unspecified atom stereocenters. The molecule has 0 bridgehead atoms. The predicted octanol–water partition coefficient (Wildman–Crippen LogP) is 1.96. The van der Waals surface area contributed by atoms with E-state index in [0.29, 0.717) is 10.0 Å². The van der Waals surface area contributed by atoms with Gasteiger partial charge in [0.1, 0.15) is 11.9 Å². The van der Waals surface area contributed by atoms with Crippen molar-refractivity contribution in [2.45, 2.75) is 12.5 Å². The number of benzene rings is 1. The molecule has 3 nitrogen and oxygen atoms in total. The summed E-state index contributed by atoms with van der Waals surface area (Å²) in [6, 6.07) is 3.63. The van der Waals surface area contributed by atoms with Gasteiger partial charge in [-0.1, -0.05) is 12.1 Å². The number of carbonyl (C=O) groups is 1. The van der Waals surface area contributed by atoms with E-state index >= 15 is 0 Å². The van der Waals surface area contributed by atoms with Crippen LogP contribution >= 0.6 is 28.3 Å². The third-order valence-electron chi connectivity index (χ3n) is 1.79. The summed E-state index contributed by atoms with van der Waals surface area (Å²) in [5.41, 5.74) is 5.59. The SMILES string of the molecule is Cl.NC(Cc1cccc(Br)c1F)C(=O)O. The van der Waals surface area contributed by atoms with E-state index in [1.54, 1.807) is 12.1 Å². The van der Waals surface area contributed by atoms with Gasteiger partial charge < -0.3 is 10.8 Å². The van der Waals surface area contributed by atoms with Crippen LogP contribution < -0.4 is 5.73 Å². The normalized spacial score (nSPS) is 11.7. The molecule has 1 aromatic carbocycles. The Bertz CT molecular complexity index is 362. The summed E-state index contributed by atoms with van der Waals surface area (Å²) in [7, 11) is 0. The second-order valence-electron chi connectivity index (χ2n) is 2.86. The summed E-state index contributed by atoms with van der Waals surface area (Å²) >= 11 is 3.01. The molecule has 0 aliphatic heterocycles. The first-order chi connectivity index (χ1) is 6.52. The van der Waals surface area contributed by atoms with Crippen LogP contribution in [0.15, 0.2) is 22.7 Å². The summed E-state index contributed by atoms with van der Waals surface area (Å²) < 4.78 is 13.6. The van der Waals surface area contributed by atoms with Crippen molar-refractivity contribution in [1.82, 2.24) is 0 Å². The Hall–Kier alpha value is -0.650. The maximum Gasteiger partial charge on any atom is 0.320 e.